The van der Waals surface area contributed by atoms with Gasteiger partial charge in [-0.3, -0.25) is 9.36 Å². The number of nitrogens with one attached hydrogen (secondary N) is 1. The molecule has 0 saturated heterocycles. The third-order valence-electron chi connectivity index (χ3n) is 4.87. The maximum Gasteiger partial charge on any atom is 0.260 e. The van der Waals surface area contributed by atoms with Gasteiger partial charge in [0.2, 0.25) is 0 Å². The predicted octanol–water partition coefficient (Wildman–Crippen LogP) is 6.11. The molecule has 0 radical (unpaired) electrons. The molecule has 1 atom stereocenters. The van der Waals surface area contributed by atoms with Gasteiger partial charge in [0.15, 0.2) is 5.16 Å². The summed E-state index contributed by atoms with van der Waals surface area (Å²) in [4.78, 5) is 22.4. The Morgan fingerprint density at radius 2 is 2.13 bits per heavy atom. The van der Waals surface area contributed by atoms with Gasteiger partial charge in [0.05, 0.1) is 16.3 Å². The van der Waals surface area contributed by atoms with E-state index in [1.165, 1.54) is 23.1 Å². The number of thiophene rings is 2. The predicted molar refractivity (Wildman–Crippen MR) is 129 cm³/mol. The van der Waals surface area contributed by atoms with Gasteiger partial charge in [0, 0.05) is 20.8 Å². The molecule has 0 aliphatic heterocycles. The second-order valence-electron chi connectivity index (χ2n) is 6.94. The third-order valence-corrected chi connectivity index (χ3v) is 8.11. The molecule has 0 bridgehead atoms. The average Bonchev–Trinajstić information content (AvgIpc) is 3.50. The second-order valence-corrected chi connectivity index (χ2v) is 10.5. The minimum atomic E-state index is -0.131. The zero-order chi connectivity index (χ0) is 21.5. The average molecular weight is 486 g/mol. The molecule has 0 saturated carbocycles. The fourth-order valence-corrected chi connectivity index (χ4v) is 6.04. The van der Waals surface area contributed by atoms with E-state index in [2.05, 4.69) is 15.2 Å². The standard InChI is InChI=1S/C21H16ClN5OS3/c1-11-5-6-13(8-15(11)22)27-10-23-26-21(27)31-12(2)18-24-19(28)17-14(9-30-20(17)25-18)16-4-3-7-29-16/h3-10,12H,1-2H3,(H,24,25,28). The van der Waals surface area contributed by atoms with E-state index >= 15 is 0 Å². The molecule has 1 unspecified atom stereocenters. The van der Waals surface area contributed by atoms with Crippen molar-refractivity contribution in [3.63, 3.8) is 0 Å². The summed E-state index contributed by atoms with van der Waals surface area (Å²) in [7, 11) is 0. The van der Waals surface area contributed by atoms with E-state index in [9.17, 15) is 4.79 Å². The van der Waals surface area contributed by atoms with E-state index in [4.69, 9.17) is 16.6 Å². The van der Waals surface area contributed by atoms with Gasteiger partial charge < -0.3 is 4.98 Å². The van der Waals surface area contributed by atoms with Crippen molar-refractivity contribution in [2.75, 3.05) is 0 Å². The van der Waals surface area contributed by atoms with Crippen LogP contribution in [-0.4, -0.2) is 24.7 Å². The van der Waals surface area contributed by atoms with E-state index < -0.39 is 0 Å². The highest BCUT2D eigenvalue weighted by molar-refractivity contribution is 7.99. The summed E-state index contributed by atoms with van der Waals surface area (Å²) in [6, 6.07) is 9.82. The minimum absolute atomic E-state index is 0.121. The summed E-state index contributed by atoms with van der Waals surface area (Å²) in [5.74, 6) is 0.610. The number of aromatic nitrogens is 5. The normalized spacial score (nSPS) is 12.5. The lowest BCUT2D eigenvalue weighted by Crippen LogP contribution is -2.12. The maximum atomic E-state index is 12.9. The highest BCUT2D eigenvalue weighted by Crippen LogP contribution is 2.36. The Morgan fingerprint density at radius 1 is 1.26 bits per heavy atom. The molecular weight excluding hydrogens is 470 g/mol. The first-order valence-corrected chi connectivity index (χ1v) is 12.4. The van der Waals surface area contributed by atoms with Crippen molar-refractivity contribution in [1.29, 1.82) is 0 Å². The highest BCUT2D eigenvalue weighted by Gasteiger charge is 2.19. The van der Waals surface area contributed by atoms with Gasteiger partial charge in [-0.25, -0.2) is 4.98 Å². The van der Waals surface area contributed by atoms with E-state index in [1.807, 2.05) is 59.5 Å². The summed E-state index contributed by atoms with van der Waals surface area (Å²) < 4.78 is 1.88. The Morgan fingerprint density at radius 3 is 2.90 bits per heavy atom. The van der Waals surface area contributed by atoms with Crippen molar-refractivity contribution in [3.8, 4) is 16.1 Å². The van der Waals surface area contributed by atoms with E-state index in [-0.39, 0.29) is 10.8 Å². The van der Waals surface area contributed by atoms with Crippen LogP contribution in [0.2, 0.25) is 5.02 Å². The topological polar surface area (TPSA) is 76.5 Å². The molecule has 1 N–H and O–H groups in total. The molecule has 4 aromatic heterocycles. The molecule has 10 heteroatoms. The summed E-state index contributed by atoms with van der Waals surface area (Å²) in [6.07, 6.45) is 1.65. The van der Waals surface area contributed by atoms with Crippen LogP contribution in [0, 0.1) is 6.92 Å². The van der Waals surface area contributed by atoms with Gasteiger partial charge in [-0.1, -0.05) is 35.5 Å². The summed E-state index contributed by atoms with van der Waals surface area (Å²) in [5.41, 5.74) is 2.70. The van der Waals surface area contributed by atoms with Crippen molar-refractivity contribution in [2.45, 2.75) is 24.3 Å². The van der Waals surface area contributed by atoms with E-state index in [0.717, 1.165) is 26.5 Å². The van der Waals surface area contributed by atoms with Crippen LogP contribution >= 0.6 is 46.0 Å². The van der Waals surface area contributed by atoms with Crippen molar-refractivity contribution >= 4 is 56.3 Å². The number of H-pyrrole nitrogens is 1. The zero-order valence-corrected chi connectivity index (χ0v) is 19.7. The Labute approximate surface area is 195 Å². The molecule has 0 fully saturated rings. The van der Waals surface area contributed by atoms with Gasteiger partial charge in [0.1, 0.15) is 17.0 Å². The molecule has 0 spiro atoms. The van der Waals surface area contributed by atoms with E-state index in [1.54, 1.807) is 17.7 Å². The van der Waals surface area contributed by atoms with Crippen LogP contribution in [0.5, 0.6) is 0 Å². The third kappa shape index (κ3) is 3.82. The molecule has 5 rings (SSSR count). The number of hydrogen-bond acceptors (Lipinski definition) is 7. The van der Waals surface area contributed by atoms with Crippen LogP contribution in [0.1, 0.15) is 23.6 Å². The molecule has 1 aromatic carbocycles. The lowest BCUT2D eigenvalue weighted by molar-refractivity contribution is 0.861. The summed E-state index contributed by atoms with van der Waals surface area (Å²) in [5, 5.41) is 14.2. The number of nitrogens with zero attached hydrogens (tertiary/aromatic N) is 4. The molecule has 31 heavy (non-hydrogen) atoms. The van der Waals surface area contributed by atoms with Gasteiger partial charge in [-0.05, 0) is 43.0 Å². The fraction of sp³-hybridized carbons (Fsp3) is 0.143. The number of aromatic amines is 1. The van der Waals surface area contributed by atoms with Crippen LogP contribution < -0.4 is 5.56 Å². The molecule has 0 amide bonds. The lowest BCUT2D eigenvalue weighted by atomic mass is 10.2. The van der Waals surface area contributed by atoms with Crippen LogP contribution in [0.3, 0.4) is 0 Å². The van der Waals surface area contributed by atoms with Gasteiger partial charge in [0.25, 0.3) is 5.56 Å². The second kappa shape index (κ2) is 8.23. The van der Waals surface area contributed by atoms with Crippen LogP contribution in [0.4, 0.5) is 0 Å². The number of hydrogen-bond donors (Lipinski definition) is 1. The summed E-state index contributed by atoms with van der Waals surface area (Å²) in [6.45, 7) is 3.95. The number of rotatable bonds is 5. The lowest BCUT2D eigenvalue weighted by Gasteiger charge is -2.12. The van der Waals surface area contributed by atoms with Crippen molar-refractivity contribution in [3.05, 3.63) is 74.2 Å². The SMILES string of the molecule is Cc1ccc(-n2cnnc2SC(C)c2nc3scc(-c4cccs4)c3c(=O)[nH]2)cc1Cl. The minimum Gasteiger partial charge on any atom is -0.309 e. The number of aryl methyl sites for hydroxylation is 1. The van der Waals surface area contributed by atoms with Crippen molar-refractivity contribution < 1.29 is 0 Å². The molecule has 4 heterocycles. The first-order valence-electron chi connectivity index (χ1n) is 9.40. The molecule has 156 valence electrons. The number of benzene rings is 1. The van der Waals surface area contributed by atoms with Gasteiger partial charge in [-0.15, -0.1) is 32.9 Å². The van der Waals surface area contributed by atoms with Gasteiger partial charge in [-0.2, -0.15) is 0 Å². The highest BCUT2D eigenvalue weighted by atomic mass is 35.5. The Hall–Kier alpha value is -2.46. The monoisotopic (exact) mass is 485 g/mol. The number of halogens is 1. The quantitative estimate of drug-likeness (QED) is 0.304. The number of thioether (sulfide) groups is 1. The Bertz CT molecular complexity index is 1440. The Balaban J connectivity index is 1.47. The number of fused-ring (bicyclic) bond motifs is 1. The zero-order valence-electron chi connectivity index (χ0n) is 16.5. The smallest absolute Gasteiger partial charge is 0.260 e. The Kier molecular flexibility index (Phi) is 5.43. The van der Waals surface area contributed by atoms with Crippen LogP contribution in [0.15, 0.2) is 57.4 Å². The fourth-order valence-electron chi connectivity index (χ4n) is 3.20. The molecule has 6 nitrogen and oxygen atoms in total. The first kappa shape index (κ1) is 20.4. The first-order chi connectivity index (χ1) is 15.0. The van der Waals surface area contributed by atoms with Gasteiger partial charge >= 0.3 is 0 Å². The molecule has 5 aromatic rings. The molecule has 0 aliphatic carbocycles. The van der Waals surface area contributed by atoms with E-state index in [0.29, 0.717) is 21.4 Å². The largest absolute Gasteiger partial charge is 0.309 e. The van der Waals surface area contributed by atoms with Crippen molar-refractivity contribution in [1.82, 2.24) is 24.7 Å². The molecular formula is C21H16ClN5OS3. The summed E-state index contributed by atoms with van der Waals surface area (Å²) >= 11 is 10.9. The maximum absolute atomic E-state index is 12.9. The molecule has 0 aliphatic rings. The van der Waals surface area contributed by atoms with Crippen molar-refractivity contribution in [2.24, 2.45) is 0 Å². The van der Waals surface area contributed by atoms with Crippen LogP contribution in [-0.2, 0) is 0 Å². The van der Waals surface area contributed by atoms with Crippen LogP contribution in [0.25, 0.3) is 26.3 Å².